The zero-order chi connectivity index (χ0) is 8.91. The number of halogens is 1. The van der Waals surface area contributed by atoms with E-state index in [1.54, 1.807) is 4.89 Å². The van der Waals surface area contributed by atoms with Crippen molar-refractivity contribution in [3.63, 3.8) is 0 Å². The molecule has 8 heteroatoms. The monoisotopic (exact) mass is 246 g/mol. The maximum absolute atomic E-state index is 10.5. The van der Waals surface area contributed by atoms with E-state index in [9.17, 15) is 13.2 Å². The van der Waals surface area contributed by atoms with E-state index in [1.165, 1.54) is 0 Å². The number of rotatable bonds is 5. The van der Waals surface area contributed by atoms with Crippen molar-refractivity contribution in [3.05, 3.63) is 0 Å². The van der Waals surface area contributed by atoms with E-state index in [2.05, 4.69) is 26.5 Å². The molecule has 1 amide bonds. The van der Waals surface area contributed by atoms with Crippen LogP contribution >= 0.6 is 15.9 Å². The molecule has 0 fully saturated rings. The summed E-state index contributed by atoms with van der Waals surface area (Å²) >= 11 is 2.69. The number of nitrogens with two attached hydrogens (primary N) is 1. The van der Waals surface area contributed by atoms with Crippen LogP contribution in [0.3, 0.4) is 0 Å². The van der Waals surface area contributed by atoms with Crippen LogP contribution in [0.2, 0.25) is 0 Å². The average Bonchev–Trinajstić information content (AvgIpc) is 1.87. The van der Waals surface area contributed by atoms with Crippen LogP contribution in [0.15, 0.2) is 0 Å². The molecule has 66 valence electrons. The minimum absolute atomic E-state index is 0.293. The zero-order valence-electron chi connectivity index (χ0n) is 5.41. The smallest absolute Gasteiger partial charge is 0.245 e. The Kier molecular flexibility index (Phi) is 4.57. The van der Waals surface area contributed by atoms with E-state index in [0.29, 0.717) is 0 Å². The summed E-state index contributed by atoms with van der Waals surface area (Å²) in [5.74, 6) is -0.748. The van der Waals surface area contributed by atoms with Gasteiger partial charge >= 0.3 is 0 Å². The van der Waals surface area contributed by atoms with Gasteiger partial charge in [0.15, 0.2) is 0 Å². The molecule has 0 saturated heterocycles. The fourth-order valence-corrected chi connectivity index (χ4v) is 0.776. The molecule has 0 rings (SSSR count). The number of sulfonamides is 1. The normalized spacial score (nSPS) is 11.4. The maximum Gasteiger partial charge on any atom is 0.245 e. The van der Waals surface area contributed by atoms with Gasteiger partial charge < -0.3 is 5.73 Å². The molecular weight excluding hydrogens is 240 g/mol. The molecule has 0 unspecified atom stereocenters. The van der Waals surface area contributed by atoms with Gasteiger partial charge in [-0.25, -0.2) is 8.42 Å². The summed E-state index contributed by atoms with van der Waals surface area (Å²) in [7, 11) is -3.48. The first-order valence-corrected chi connectivity index (χ1v) is 5.21. The molecule has 0 heterocycles. The molecule has 6 nitrogen and oxygen atoms in total. The van der Waals surface area contributed by atoms with Gasteiger partial charge in [0.1, 0.15) is 11.3 Å². The lowest BCUT2D eigenvalue weighted by atomic mass is 10.7. The first-order chi connectivity index (χ1) is 4.98. The topological polar surface area (TPSA) is 98.5 Å². The lowest BCUT2D eigenvalue weighted by Gasteiger charge is -2.00. The molecular formula is C3H7BrN2O4S. The Bertz CT molecular complexity index is 225. The van der Waals surface area contributed by atoms with Crippen molar-refractivity contribution in [2.24, 2.45) is 5.73 Å². The summed E-state index contributed by atoms with van der Waals surface area (Å²) < 4.78 is 20.8. The predicted molar refractivity (Wildman–Crippen MR) is 41.0 cm³/mol. The lowest BCUT2D eigenvalue weighted by molar-refractivity contribution is -0.123. The molecule has 0 aromatic rings. The third-order valence-corrected chi connectivity index (χ3v) is 3.01. The Morgan fingerprint density at radius 1 is 1.64 bits per heavy atom. The number of amides is 1. The highest BCUT2D eigenvalue weighted by molar-refractivity contribution is 9.10. The van der Waals surface area contributed by atoms with E-state index in [-0.39, 0.29) is 4.66 Å². The average molecular weight is 247 g/mol. The summed E-state index contributed by atoms with van der Waals surface area (Å²) in [5, 5.41) is 0. The van der Waals surface area contributed by atoms with Crippen molar-refractivity contribution in [1.82, 2.24) is 4.89 Å². The summed E-state index contributed by atoms with van der Waals surface area (Å²) in [5.41, 5.74) is 4.65. The standard InChI is InChI=1S/C3H7BrN2O4S/c4-2-11(8,9)6-10-1-3(5)7/h6H,1-2H2,(H2,5,7). The number of nitrogens with one attached hydrogen (secondary N) is 1. The summed E-state index contributed by atoms with van der Waals surface area (Å²) in [6, 6.07) is 0. The number of carbonyl (C=O) groups is 1. The van der Waals surface area contributed by atoms with Crippen LogP contribution in [-0.2, 0) is 19.7 Å². The molecule has 11 heavy (non-hydrogen) atoms. The third kappa shape index (κ3) is 6.23. The highest BCUT2D eigenvalue weighted by Gasteiger charge is 2.06. The molecule has 0 aliphatic heterocycles. The second-order valence-corrected chi connectivity index (χ2v) is 4.55. The number of hydrogen-bond donors (Lipinski definition) is 2. The van der Waals surface area contributed by atoms with Crippen molar-refractivity contribution in [3.8, 4) is 0 Å². The SMILES string of the molecule is NC(=O)CONS(=O)(=O)CBr. The molecule has 0 saturated carbocycles. The van der Waals surface area contributed by atoms with E-state index >= 15 is 0 Å². The van der Waals surface area contributed by atoms with Gasteiger partial charge in [-0.15, -0.1) is 0 Å². The number of alkyl halides is 1. The van der Waals surface area contributed by atoms with E-state index in [0.717, 1.165) is 0 Å². The fourth-order valence-electron chi connectivity index (χ4n) is 0.213. The Morgan fingerprint density at radius 3 is 2.55 bits per heavy atom. The highest BCUT2D eigenvalue weighted by Crippen LogP contribution is 1.89. The van der Waals surface area contributed by atoms with Gasteiger partial charge in [0, 0.05) is 0 Å². The van der Waals surface area contributed by atoms with Gasteiger partial charge in [-0.2, -0.15) is 0 Å². The maximum atomic E-state index is 10.5. The Morgan fingerprint density at radius 2 is 2.18 bits per heavy atom. The van der Waals surface area contributed by atoms with Crippen molar-refractivity contribution < 1.29 is 18.0 Å². The van der Waals surface area contributed by atoms with E-state index < -0.39 is 22.5 Å². The van der Waals surface area contributed by atoms with E-state index in [1.807, 2.05) is 0 Å². The lowest BCUT2D eigenvalue weighted by Crippen LogP contribution is -2.29. The first-order valence-electron chi connectivity index (χ1n) is 2.43. The van der Waals surface area contributed by atoms with Gasteiger partial charge in [-0.3, -0.25) is 9.63 Å². The van der Waals surface area contributed by atoms with Crippen LogP contribution in [0.5, 0.6) is 0 Å². The second kappa shape index (κ2) is 4.65. The van der Waals surface area contributed by atoms with Gasteiger partial charge in [0.2, 0.25) is 15.9 Å². The molecule has 0 bridgehead atoms. The van der Waals surface area contributed by atoms with Crippen LogP contribution < -0.4 is 10.6 Å². The predicted octanol–water partition coefficient (Wildman–Crippen LogP) is -1.32. The molecule has 0 aromatic heterocycles. The van der Waals surface area contributed by atoms with Crippen LogP contribution in [0, 0.1) is 0 Å². The molecule has 0 aliphatic carbocycles. The summed E-state index contributed by atoms with van der Waals surface area (Å²) in [6.45, 7) is -0.480. The third-order valence-electron chi connectivity index (χ3n) is 0.544. The van der Waals surface area contributed by atoms with Gasteiger partial charge in [0.05, 0.1) is 0 Å². The number of carbonyl (C=O) groups excluding carboxylic acids is 1. The Hall–Kier alpha value is -0.180. The molecule has 0 aromatic carbocycles. The molecule has 0 radical (unpaired) electrons. The molecule has 3 N–H and O–H groups in total. The van der Waals surface area contributed by atoms with Gasteiger partial charge in [-0.05, 0) is 0 Å². The molecule has 0 atom stereocenters. The van der Waals surface area contributed by atoms with Crippen LogP contribution in [-0.4, -0.2) is 25.6 Å². The Balaban J connectivity index is 3.63. The molecule has 0 spiro atoms. The van der Waals surface area contributed by atoms with Crippen LogP contribution in [0.25, 0.3) is 0 Å². The number of primary amides is 1. The summed E-state index contributed by atoms with van der Waals surface area (Å²) in [6.07, 6.45) is 0. The molecule has 0 aliphatic rings. The largest absolute Gasteiger partial charge is 0.368 e. The minimum atomic E-state index is -3.48. The van der Waals surface area contributed by atoms with Crippen molar-refractivity contribution in [2.75, 3.05) is 11.3 Å². The Labute approximate surface area is 72.2 Å². The first kappa shape index (κ1) is 10.8. The van der Waals surface area contributed by atoms with Gasteiger partial charge in [0.25, 0.3) is 0 Å². The van der Waals surface area contributed by atoms with Gasteiger partial charge in [-0.1, -0.05) is 20.8 Å². The van der Waals surface area contributed by atoms with E-state index in [4.69, 9.17) is 0 Å². The van der Waals surface area contributed by atoms with Crippen molar-refractivity contribution in [2.45, 2.75) is 0 Å². The second-order valence-electron chi connectivity index (χ2n) is 1.56. The number of hydrogen-bond acceptors (Lipinski definition) is 4. The highest BCUT2D eigenvalue weighted by atomic mass is 79.9. The minimum Gasteiger partial charge on any atom is -0.368 e. The van der Waals surface area contributed by atoms with Crippen molar-refractivity contribution >= 4 is 31.9 Å². The van der Waals surface area contributed by atoms with Crippen LogP contribution in [0.1, 0.15) is 0 Å². The quantitative estimate of drug-likeness (QED) is 0.464. The fraction of sp³-hybridized carbons (Fsp3) is 0.667. The van der Waals surface area contributed by atoms with Crippen molar-refractivity contribution in [1.29, 1.82) is 0 Å². The zero-order valence-corrected chi connectivity index (χ0v) is 7.81. The summed E-state index contributed by atoms with van der Waals surface area (Å²) in [4.78, 5) is 15.9. The van der Waals surface area contributed by atoms with Crippen LogP contribution in [0.4, 0.5) is 0 Å².